The van der Waals surface area contributed by atoms with Gasteiger partial charge in [0.25, 0.3) is 0 Å². The standard InChI is InChI=1S/C35H59NO10/c1-17-15-35(10)31(45-33-19(3)25(36(11)12)14-18(2)41-33)21(5)29(44-26-16-34(9,40-13)30(38)24(8)42-26)22(6)32(39)43-23(7)27(37)20(4)28(17)46-35/h18-26,29-31,33,38H,14-16H2,1-13H3. The molecule has 264 valence electrons. The SMILES string of the molecule is COC1(C)CC(OC2C(C)C(=O)OC(C)C(=O)C(C)C3=C(C)CC(C)(O3)C(OC3OC(C)CC(N(C)C)C3C)C2C)OC(C)C1O. The number of rotatable bonds is 6. The highest BCUT2D eigenvalue weighted by atomic mass is 16.7. The summed E-state index contributed by atoms with van der Waals surface area (Å²) < 4.78 is 44.7. The van der Waals surface area contributed by atoms with Crippen LogP contribution in [0.4, 0.5) is 0 Å². The van der Waals surface area contributed by atoms with Gasteiger partial charge in [-0.05, 0) is 81.5 Å². The maximum atomic E-state index is 13.7. The smallest absolute Gasteiger partial charge is 0.312 e. The molecule has 2 bridgehead atoms. The van der Waals surface area contributed by atoms with Gasteiger partial charge in [0.15, 0.2) is 24.5 Å². The highest BCUT2D eigenvalue weighted by molar-refractivity contribution is 5.89. The van der Waals surface area contributed by atoms with Crippen molar-refractivity contribution >= 4 is 11.8 Å². The molecule has 0 aromatic heterocycles. The molecule has 4 rings (SSSR count). The first-order valence-electron chi connectivity index (χ1n) is 17.0. The number of hydrogen-bond donors (Lipinski definition) is 1. The molecule has 3 saturated heterocycles. The number of ether oxygens (including phenoxy) is 7. The van der Waals surface area contributed by atoms with Gasteiger partial charge in [-0.1, -0.05) is 13.8 Å². The molecule has 3 fully saturated rings. The zero-order chi connectivity index (χ0) is 34.5. The van der Waals surface area contributed by atoms with Gasteiger partial charge in [0.05, 0.1) is 35.7 Å². The van der Waals surface area contributed by atoms with Crippen LogP contribution < -0.4 is 0 Å². The van der Waals surface area contributed by atoms with Crippen LogP contribution in [-0.2, 0) is 42.7 Å². The third-order valence-electron chi connectivity index (χ3n) is 11.1. The minimum absolute atomic E-state index is 0.0294. The first kappa shape index (κ1) is 37.2. The average Bonchev–Trinajstić information content (AvgIpc) is 3.30. The quantitative estimate of drug-likeness (QED) is 0.415. The lowest BCUT2D eigenvalue weighted by atomic mass is 9.79. The summed E-state index contributed by atoms with van der Waals surface area (Å²) in [5.41, 5.74) is -0.859. The number of hydrogen-bond acceptors (Lipinski definition) is 11. The number of allylic oxidation sites excluding steroid dienone is 1. The first-order chi connectivity index (χ1) is 21.3. The van der Waals surface area contributed by atoms with Gasteiger partial charge in [-0.25, -0.2) is 0 Å². The van der Waals surface area contributed by atoms with Gasteiger partial charge >= 0.3 is 5.97 Å². The Bertz CT molecular complexity index is 1140. The number of aliphatic hydroxyl groups is 1. The first-order valence-corrected chi connectivity index (χ1v) is 17.0. The summed E-state index contributed by atoms with van der Waals surface area (Å²) in [5, 5.41) is 10.8. The minimum atomic E-state index is -0.970. The molecule has 0 aliphatic carbocycles. The Balaban J connectivity index is 1.78. The number of cyclic esters (lactones) is 1. The number of carbonyl (C=O) groups is 2. The van der Waals surface area contributed by atoms with E-state index in [-0.39, 0.29) is 30.3 Å². The van der Waals surface area contributed by atoms with Gasteiger partial charge in [-0.2, -0.15) is 0 Å². The summed E-state index contributed by atoms with van der Waals surface area (Å²) >= 11 is 0. The topological polar surface area (TPSA) is 122 Å². The van der Waals surface area contributed by atoms with Crippen LogP contribution in [0, 0.1) is 23.7 Å². The van der Waals surface area contributed by atoms with Crippen molar-refractivity contribution in [1.82, 2.24) is 4.90 Å². The van der Waals surface area contributed by atoms with E-state index in [1.165, 1.54) is 0 Å². The van der Waals surface area contributed by atoms with Crippen molar-refractivity contribution < 1.29 is 47.9 Å². The van der Waals surface area contributed by atoms with Gasteiger partial charge in [0.1, 0.15) is 23.6 Å². The zero-order valence-corrected chi connectivity index (χ0v) is 30.2. The molecule has 11 nitrogen and oxygen atoms in total. The van der Waals surface area contributed by atoms with Crippen molar-refractivity contribution in [3.63, 3.8) is 0 Å². The van der Waals surface area contributed by atoms with E-state index in [1.54, 1.807) is 34.8 Å². The van der Waals surface area contributed by atoms with Crippen LogP contribution >= 0.6 is 0 Å². The van der Waals surface area contributed by atoms with E-state index in [9.17, 15) is 14.7 Å². The summed E-state index contributed by atoms with van der Waals surface area (Å²) in [7, 11) is 5.70. The zero-order valence-electron chi connectivity index (χ0n) is 30.2. The number of Topliss-reactive ketones (excluding diaryl/α,β-unsaturated/α-hetero) is 1. The van der Waals surface area contributed by atoms with Crippen LogP contribution in [0.3, 0.4) is 0 Å². The number of nitrogens with zero attached hydrogens (tertiary/aromatic N) is 1. The Morgan fingerprint density at radius 3 is 2.22 bits per heavy atom. The molecular weight excluding hydrogens is 594 g/mol. The second kappa shape index (κ2) is 14.1. The van der Waals surface area contributed by atoms with E-state index in [2.05, 4.69) is 32.8 Å². The Morgan fingerprint density at radius 1 is 0.957 bits per heavy atom. The third-order valence-corrected chi connectivity index (χ3v) is 11.1. The molecule has 4 heterocycles. The molecule has 15 atom stereocenters. The maximum Gasteiger partial charge on any atom is 0.312 e. The molecule has 0 amide bonds. The van der Waals surface area contributed by atoms with Gasteiger partial charge in [-0.3, -0.25) is 9.59 Å². The molecule has 0 aromatic carbocycles. The number of esters is 1. The maximum absolute atomic E-state index is 13.7. The van der Waals surface area contributed by atoms with E-state index in [0.29, 0.717) is 12.2 Å². The van der Waals surface area contributed by atoms with Gasteiger partial charge in [0, 0.05) is 37.8 Å². The van der Waals surface area contributed by atoms with E-state index >= 15 is 0 Å². The molecule has 4 aliphatic heterocycles. The molecule has 1 N–H and O–H groups in total. The number of methoxy groups -OCH3 is 1. The second-order valence-corrected chi connectivity index (χ2v) is 15.1. The molecule has 0 saturated carbocycles. The fourth-order valence-electron chi connectivity index (χ4n) is 8.15. The molecule has 15 unspecified atom stereocenters. The van der Waals surface area contributed by atoms with Crippen LogP contribution in [0.2, 0.25) is 0 Å². The lowest BCUT2D eigenvalue weighted by molar-refractivity contribution is -0.312. The molecular formula is C35H59NO10. The number of ketones is 1. The Labute approximate surface area is 275 Å². The van der Waals surface area contributed by atoms with Crippen LogP contribution in [0.1, 0.15) is 88.5 Å². The number of aliphatic hydroxyl groups excluding tert-OH is 1. The fraction of sp³-hybridized carbons (Fsp3) is 0.886. The molecule has 0 spiro atoms. The van der Waals surface area contributed by atoms with Crippen molar-refractivity contribution in [2.24, 2.45) is 23.7 Å². The van der Waals surface area contributed by atoms with Crippen LogP contribution in [0.15, 0.2) is 11.3 Å². The van der Waals surface area contributed by atoms with E-state index in [4.69, 9.17) is 33.2 Å². The molecule has 0 radical (unpaired) electrons. The molecule has 4 aliphatic rings. The molecule has 46 heavy (non-hydrogen) atoms. The average molecular weight is 654 g/mol. The minimum Gasteiger partial charge on any atom is -0.488 e. The predicted octanol–water partition coefficient (Wildman–Crippen LogP) is 4.23. The van der Waals surface area contributed by atoms with Crippen molar-refractivity contribution in [2.45, 2.75) is 155 Å². The molecule has 0 aromatic rings. The van der Waals surface area contributed by atoms with Gasteiger partial charge in [-0.15, -0.1) is 0 Å². The van der Waals surface area contributed by atoms with Crippen molar-refractivity contribution in [1.29, 1.82) is 0 Å². The number of carbonyl (C=O) groups excluding carboxylic acids is 2. The summed E-state index contributed by atoms with van der Waals surface area (Å²) in [4.78, 5) is 29.5. The largest absolute Gasteiger partial charge is 0.488 e. The summed E-state index contributed by atoms with van der Waals surface area (Å²) in [6.07, 6.45) is -3.57. The van der Waals surface area contributed by atoms with Crippen LogP contribution in [0.5, 0.6) is 0 Å². The summed E-state index contributed by atoms with van der Waals surface area (Å²) in [6, 6.07) is 0.235. The van der Waals surface area contributed by atoms with Crippen LogP contribution in [0.25, 0.3) is 0 Å². The summed E-state index contributed by atoms with van der Waals surface area (Å²) in [6.45, 7) is 18.9. The van der Waals surface area contributed by atoms with Crippen molar-refractivity contribution in [3.8, 4) is 0 Å². The van der Waals surface area contributed by atoms with Crippen molar-refractivity contribution in [2.75, 3.05) is 21.2 Å². The van der Waals surface area contributed by atoms with E-state index < -0.39 is 78.0 Å². The lowest BCUT2D eigenvalue weighted by Crippen LogP contribution is -2.59. The van der Waals surface area contributed by atoms with Crippen LogP contribution in [-0.4, -0.2) is 109 Å². The number of fused-ring (bicyclic) bond motifs is 2. The molecule has 11 heteroatoms. The van der Waals surface area contributed by atoms with Gasteiger partial charge < -0.3 is 43.2 Å². The van der Waals surface area contributed by atoms with E-state index in [1.807, 2.05) is 27.7 Å². The summed E-state index contributed by atoms with van der Waals surface area (Å²) in [5.74, 6) is -1.99. The normalized spacial score (nSPS) is 47.7. The lowest BCUT2D eigenvalue weighted by Gasteiger charge is -2.49. The fourth-order valence-corrected chi connectivity index (χ4v) is 8.15. The highest BCUT2D eigenvalue weighted by Gasteiger charge is 2.54. The second-order valence-electron chi connectivity index (χ2n) is 15.1. The Morgan fingerprint density at radius 2 is 1.61 bits per heavy atom. The van der Waals surface area contributed by atoms with Gasteiger partial charge in [0.2, 0.25) is 0 Å². The van der Waals surface area contributed by atoms with Crippen molar-refractivity contribution in [3.05, 3.63) is 11.3 Å². The monoisotopic (exact) mass is 653 g/mol. The highest BCUT2D eigenvalue weighted by Crippen LogP contribution is 2.46. The predicted molar refractivity (Wildman–Crippen MR) is 171 cm³/mol. The third kappa shape index (κ3) is 7.21. The Kier molecular flexibility index (Phi) is 11.4. The Hall–Kier alpha value is -1.60. The van der Waals surface area contributed by atoms with E-state index in [0.717, 1.165) is 12.0 Å².